The highest BCUT2D eigenvalue weighted by atomic mass is 35.5. The number of imide groups is 2. The molecule has 43 heteroatoms. The molecule has 5 aliphatic rings. The largest absolute Gasteiger partial charge is 0.379 e. The molecule has 0 aromatic heterocycles. The SMILES string of the molecule is C.CN1Cc2c(Cl)cc(Cl)cc2C(c2cccc(S(=O)(=O)CCCOCCOCCNC(=O)COCC(=O)NCCOCCOCCCS(=O)(=O)c3cccc(C4CN(C)Cc5c(Cl)cc(Cl)cc54)c3)c2)C1.CN1Cc2c(Cl)cc(Cl)cc2C(c2cccc(S(=O)(=O)NCCOCCOCCN)c2)C1.O=C(COCC(=O)ON1C(=O)CCC1=O)ON1C(=O)CCC1=O.[2H]CF. The molecule has 2 fully saturated rings. The Labute approximate surface area is 782 Å². The molecule has 0 saturated carbocycles. The summed E-state index contributed by atoms with van der Waals surface area (Å²) in [5, 5.41) is 9.46. The van der Waals surface area contributed by atoms with Gasteiger partial charge in [-0.2, -0.15) is 0 Å². The lowest BCUT2D eigenvalue weighted by atomic mass is 9.85. The second kappa shape index (κ2) is 54.6. The summed E-state index contributed by atoms with van der Waals surface area (Å²) >= 11 is 38.4. The number of alkyl halides is 1. The van der Waals surface area contributed by atoms with Gasteiger partial charge in [0.25, 0.3) is 23.6 Å². The minimum absolute atomic E-state index is 0. The summed E-state index contributed by atoms with van der Waals surface area (Å²) in [5.41, 5.74) is 14.1. The van der Waals surface area contributed by atoms with Crippen molar-refractivity contribution in [3.8, 4) is 0 Å². The number of nitrogens with zero attached hydrogens (tertiary/aromatic N) is 5. The first-order valence-corrected chi connectivity index (χ1v) is 47.8. The maximum atomic E-state index is 13.2. The Morgan fingerprint density at radius 3 is 1.09 bits per heavy atom. The normalized spacial score (nSPS) is 16.5. The Morgan fingerprint density at radius 1 is 0.434 bits per heavy atom. The van der Waals surface area contributed by atoms with E-state index in [-0.39, 0.29) is 169 Å². The van der Waals surface area contributed by atoms with Crippen molar-refractivity contribution in [3.63, 3.8) is 0 Å². The number of rotatable bonds is 45. The fraction of sp³-hybridized carbons (Fsp3) is 0.488. The second-order valence-electron chi connectivity index (χ2n) is 29.8. The van der Waals surface area contributed by atoms with E-state index in [1.165, 1.54) is 0 Å². The number of carbonyl (C=O) groups excluding carboxylic acids is 8. The fourth-order valence-electron chi connectivity index (χ4n) is 14.1. The molecule has 0 radical (unpaired) electrons. The first-order chi connectivity index (χ1) is 61.6. The van der Waals surface area contributed by atoms with Gasteiger partial charge in [-0.05, 0) is 157 Å². The lowest BCUT2D eigenvalue weighted by Gasteiger charge is -2.33. The Morgan fingerprint density at radius 2 is 0.744 bits per heavy atom. The third kappa shape index (κ3) is 34.5. The molecule has 6 amide bonds. The van der Waals surface area contributed by atoms with Crippen LogP contribution in [0.3, 0.4) is 0 Å². The molecule has 5 N–H and O–H groups in total. The zero-order chi connectivity index (χ0) is 93.8. The predicted octanol–water partition coefficient (Wildman–Crippen LogP) is 9.08. The van der Waals surface area contributed by atoms with Crippen LogP contribution in [0.15, 0.2) is 124 Å². The molecule has 0 bridgehead atoms. The van der Waals surface area contributed by atoms with Crippen molar-refractivity contribution in [1.29, 1.82) is 0 Å². The molecule has 3 unspecified atom stereocenters. The molecule has 3 atom stereocenters. The van der Waals surface area contributed by atoms with Crippen LogP contribution in [0, 0.1) is 0 Å². The first kappa shape index (κ1) is 107. The number of sulfone groups is 2. The van der Waals surface area contributed by atoms with Gasteiger partial charge in [-0.1, -0.05) is 113 Å². The predicted molar refractivity (Wildman–Crippen MR) is 482 cm³/mol. The fourth-order valence-corrected chi connectivity index (χ4v) is 19.6. The smallest absolute Gasteiger partial charge is 0.358 e. The van der Waals surface area contributed by atoms with Gasteiger partial charge in [0, 0.05) is 152 Å². The van der Waals surface area contributed by atoms with E-state index in [0.29, 0.717) is 106 Å². The quantitative estimate of drug-likeness (QED) is 0.0204. The zero-order valence-electron chi connectivity index (χ0n) is 71.9. The van der Waals surface area contributed by atoms with Gasteiger partial charge in [0.1, 0.15) is 26.4 Å². The van der Waals surface area contributed by atoms with Gasteiger partial charge >= 0.3 is 11.9 Å². The van der Waals surface area contributed by atoms with Gasteiger partial charge < -0.3 is 78.6 Å². The van der Waals surface area contributed by atoms with Gasteiger partial charge in [-0.3, -0.25) is 33.2 Å². The van der Waals surface area contributed by atoms with Crippen molar-refractivity contribution in [2.24, 2.45) is 5.73 Å². The third-order valence-corrected chi connectivity index (χ3v) is 26.8. The van der Waals surface area contributed by atoms with E-state index in [1.807, 2.05) is 57.5 Å². The number of likely N-dealkylation sites (N-methyl/N-ethyl adjacent to an activating group) is 3. The summed E-state index contributed by atoms with van der Waals surface area (Å²) < 4.78 is 139. The third-order valence-electron chi connectivity index (χ3n) is 20.0. The molecule has 11 rings (SSSR count). The first-order valence-electron chi connectivity index (χ1n) is 41.4. The summed E-state index contributed by atoms with van der Waals surface area (Å²) in [5.74, 6) is -5.84. The number of hydrogen-bond donors (Lipinski definition) is 4. The number of ether oxygens (including phenoxy) is 8. The molecule has 2 saturated heterocycles. The number of hydrogen-bond acceptors (Lipinski definition) is 28. The number of hydroxylamine groups is 4. The lowest BCUT2D eigenvalue weighted by molar-refractivity contribution is -0.205. The Balaban J connectivity index is 0.000000319. The number of sulfonamides is 1. The number of amides is 6. The van der Waals surface area contributed by atoms with Crippen molar-refractivity contribution in [2.45, 2.75) is 98.0 Å². The topological polar surface area (TPSA) is 410 Å². The van der Waals surface area contributed by atoms with E-state index in [9.17, 15) is 68.0 Å². The Bertz CT molecular complexity index is 4920. The second-order valence-corrected chi connectivity index (χ2v) is 38.3. The van der Waals surface area contributed by atoms with Crippen molar-refractivity contribution in [1.82, 2.24) is 40.2 Å². The zero-order valence-corrected chi connectivity index (χ0v) is 77.8. The van der Waals surface area contributed by atoms with Crippen molar-refractivity contribution in [3.05, 3.63) is 189 Å². The van der Waals surface area contributed by atoms with Gasteiger partial charge in [0.2, 0.25) is 21.8 Å². The molecule has 0 spiro atoms. The van der Waals surface area contributed by atoms with Crippen LogP contribution in [0.2, 0.25) is 30.1 Å². The number of fused-ring (bicyclic) bond motifs is 3. The molecule has 6 aromatic rings. The number of nitrogens with one attached hydrogen (secondary N) is 3. The maximum absolute atomic E-state index is 13.2. The number of benzene rings is 6. The molecule has 33 nitrogen and oxygen atoms in total. The van der Waals surface area contributed by atoms with Crippen molar-refractivity contribution < 1.29 is 117 Å². The summed E-state index contributed by atoms with van der Waals surface area (Å²) in [4.78, 5) is 108. The summed E-state index contributed by atoms with van der Waals surface area (Å²) in [6, 6.07) is 32.1. The maximum Gasteiger partial charge on any atom is 0.358 e. The number of nitrogens with two attached hydrogens (primary N) is 1. The van der Waals surface area contributed by atoms with E-state index in [1.54, 1.807) is 72.8 Å². The van der Waals surface area contributed by atoms with E-state index in [2.05, 4.69) is 44.5 Å². The molecule has 6 aromatic carbocycles. The molecule has 0 aliphatic carbocycles. The average Bonchev–Trinajstić information content (AvgIpc) is 1.56. The van der Waals surface area contributed by atoms with E-state index >= 15 is 0 Å². The highest BCUT2D eigenvalue weighted by Crippen LogP contribution is 2.43. The van der Waals surface area contributed by atoms with Crippen LogP contribution in [0.25, 0.3) is 0 Å². The molecule has 710 valence electrons. The number of carbonyl (C=O) groups is 8. The monoisotopic (exact) mass is 1980 g/mol. The Hall–Kier alpha value is -7.52. The summed E-state index contributed by atoms with van der Waals surface area (Å²) in [6.45, 7) is 6.78. The molecule has 5 heterocycles. The van der Waals surface area contributed by atoms with E-state index in [0.717, 1.165) is 63.2 Å². The van der Waals surface area contributed by atoms with E-state index in [4.69, 9.17) is 110 Å². The molecule has 129 heavy (non-hydrogen) atoms. The van der Waals surface area contributed by atoms with Crippen LogP contribution in [0.1, 0.15) is 115 Å². The van der Waals surface area contributed by atoms with Crippen LogP contribution in [-0.4, -0.2) is 289 Å². The standard InChI is InChI=1S/C50H62Cl4N4O11S2.C22H29Cl2N3O4S.C12H12N2O9.CH3F.CH4/c1-57-29-43(41-25-37(51)27-47(53)45(41)31-57)35-7-3-9-39(23-35)70(61,62)21-5-13-65-17-19-67-15-11-55-49(59)33-69-34-50(60)56-12-16-68-20-18-66-14-6-22-71(63,64)40-10-4-8-36(24-40)44-30-58(2)32-46-42(44)26-38(52)28-48(46)54;1-27-14-20(19-12-17(23)13-22(24)21(19)15-27)16-3-2-4-18(11-16)32(28,29)26-6-8-31-10-9-30-7-5-25;15-7-1-2-8(16)13(7)22-11(19)5-21-6-12(20)23-14-9(17)3-4-10(14)18;1-2;/h3-4,7-10,23-28,43-44H,5-6,11-22,29-34H2,1-2H3,(H,55,59)(H,56,60);2-4,11-13,20,26H,5-10,14-15,25H2,1H3;1-6H2;1H3;1H4/i;;;1D;. The average molecular weight is 1980 g/mol. The minimum atomic E-state index is -3.67. The van der Waals surface area contributed by atoms with Gasteiger partial charge in [-0.25, -0.2) is 39.6 Å². The van der Waals surface area contributed by atoms with E-state index < -0.39 is 97.4 Å². The van der Waals surface area contributed by atoms with Crippen molar-refractivity contribution in [2.75, 3.05) is 191 Å². The lowest BCUT2D eigenvalue weighted by Crippen LogP contribution is -2.35. The van der Waals surface area contributed by atoms with Crippen LogP contribution >= 0.6 is 69.6 Å². The highest BCUT2D eigenvalue weighted by molar-refractivity contribution is 7.91. The van der Waals surface area contributed by atoms with Gasteiger partial charge in [0.15, 0.2) is 19.7 Å². The summed E-state index contributed by atoms with van der Waals surface area (Å²) in [6.07, 6.45) is 0.446. The molecule has 5 aliphatic heterocycles. The molecular formula is C86H110Cl6FN9O24S3. The Kier molecular flexibility index (Phi) is 45.2. The number of halogens is 7. The minimum Gasteiger partial charge on any atom is -0.379 e. The van der Waals surface area contributed by atoms with Crippen LogP contribution in [-0.2, 0) is 135 Å². The van der Waals surface area contributed by atoms with Crippen LogP contribution in [0.4, 0.5) is 4.39 Å². The van der Waals surface area contributed by atoms with Crippen LogP contribution < -0.4 is 21.1 Å². The molecular weight excluding hydrogens is 1870 g/mol. The highest BCUT2D eigenvalue weighted by Gasteiger charge is 2.37. The van der Waals surface area contributed by atoms with Crippen LogP contribution in [0.5, 0.6) is 0 Å². The summed E-state index contributed by atoms with van der Waals surface area (Å²) in [7, 11) is -5.76. The van der Waals surface area contributed by atoms with Gasteiger partial charge in [-0.15, -0.1) is 10.1 Å². The van der Waals surface area contributed by atoms with Gasteiger partial charge in [0.05, 0.1) is 101 Å². The van der Waals surface area contributed by atoms with Crippen molar-refractivity contribution >= 4 is 147 Å².